The summed E-state index contributed by atoms with van der Waals surface area (Å²) in [4.78, 5) is 11.7. The van der Waals surface area contributed by atoms with Crippen LogP contribution in [0.5, 0.6) is 0 Å². The normalized spacial score (nSPS) is 11.4. The Morgan fingerprint density at radius 3 is 2.58 bits per heavy atom. The molecule has 7 nitrogen and oxygen atoms in total. The predicted molar refractivity (Wildman–Crippen MR) is 90.0 cm³/mol. The van der Waals surface area contributed by atoms with Crippen LogP contribution in [0.2, 0.25) is 5.02 Å². The minimum atomic E-state index is -4.54. The lowest BCUT2D eigenvalue weighted by Gasteiger charge is -2.13. The van der Waals surface area contributed by atoms with E-state index in [1.807, 2.05) is 0 Å². The number of hydrogen-bond acceptors (Lipinski definition) is 7. The summed E-state index contributed by atoms with van der Waals surface area (Å²) in [5.74, 6) is 1.13. The lowest BCUT2D eigenvalue weighted by Crippen LogP contribution is -2.09. The van der Waals surface area contributed by atoms with E-state index in [0.717, 1.165) is 6.07 Å². The van der Waals surface area contributed by atoms with Gasteiger partial charge in [0.15, 0.2) is 11.6 Å². The van der Waals surface area contributed by atoms with E-state index in [2.05, 4.69) is 25.6 Å². The van der Waals surface area contributed by atoms with Crippen LogP contribution in [0.1, 0.15) is 11.3 Å². The molecule has 0 fully saturated rings. The van der Waals surface area contributed by atoms with Gasteiger partial charge < -0.3 is 20.8 Å². The Balaban J connectivity index is 1.79. The summed E-state index contributed by atoms with van der Waals surface area (Å²) in [5.41, 5.74) is 5.18. The van der Waals surface area contributed by atoms with Crippen LogP contribution in [0.15, 0.2) is 41.4 Å². The summed E-state index contributed by atoms with van der Waals surface area (Å²) < 4.78 is 43.2. The highest BCUT2D eigenvalue weighted by Crippen LogP contribution is 2.34. The molecule has 0 saturated heterocycles. The number of pyridine rings is 1. The van der Waals surface area contributed by atoms with Gasteiger partial charge in [-0.15, -0.1) is 0 Å². The fourth-order valence-corrected chi connectivity index (χ4v) is 2.23. The van der Waals surface area contributed by atoms with Crippen molar-refractivity contribution in [3.63, 3.8) is 0 Å². The molecule has 0 aromatic carbocycles. The number of furan rings is 1. The molecule has 3 heterocycles. The summed E-state index contributed by atoms with van der Waals surface area (Å²) in [7, 11) is 0. The van der Waals surface area contributed by atoms with Crippen LogP contribution in [0.4, 0.5) is 36.3 Å². The number of nitrogens with one attached hydrogen (secondary N) is 2. The molecule has 0 aliphatic heterocycles. The zero-order chi connectivity index (χ0) is 18.7. The van der Waals surface area contributed by atoms with Gasteiger partial charge in [0.25, 0.3) is 0 Å². The molecule has 0 aliphatic rings. The third-order valence-corrected chi connectivity index (χ3v) is 3.59. The average Bonchev–Trinajstić information content (AvgIpc) is 3.10. The van der Waals surface area contributed by atoms with Crippen molar-refractivity contribution in [2.45, 2.75) is 12.7 Å². The number of alkyl halides is 3. The van der Waals surface area contributed by atoms with E-state index in [9.17, 15) is 13.2 Å². The maximum Gasteiger partial charge on any atom is 0.417 e. The molecule has 3 aromatic heterocycles. The molecule has 3 aromatic rings. The SMILES string of the molecule is Nc1c(NCc2ccco2)ncnc1Nc1ncc(C(F)(F)F)cc1Cl. The molecule has 11 heteroatoms. The number of halogens is 4. The minimum Gasteiger partial charge on any atom is -0.467 e. The fraction of sp³-hybridized carbons (Fsp3) is 0.133. The molecule has 0 saturated carbocycles. The number of nitrogens with zero attached hydrogens (tertiary/aromatic N) is 3. The Kier molecular flexibility index (Phi) is 4.85. The van der Waals surface area contributed by atoms with Crippen LogP contribution < -0.4 is 16.4 Å². The van der Waals surface area contributed by atoms with Crippen LogP contribution in [-0.4, -0.2) is 15.0 Å². The van der Waals surface area contributed by atoms with E-state index in [4.69, 9.17) is 21.8 Å². The number of nitrogens with two attached hydrogens (primary N) is 1. The first-order valence-corrected chi connectivity index (χ1v) is 7.59. The molecular weight excluding hydrogens is 373 g/mol. The Morgan fingerprint density at radius 1 is 1.15 bits per heavy atom. The summed E-state index contributed by atoms with van der Waals surface area (Å²) in [6, 6.07) is 4.28. The average molecular weight is 385 g/mol. The quantitative estimate of drug-likeness (QED) is 0.609. The fourth-order valence-electron chi connectivity index (χ4n) is 2.02. The van der Waals surface area contributed by atoms with Crippen LogP contribution in [-0.2, 0) is 12.7 Å². The Bertz CT molecular complexity index is 901. The monoisotopic (exact) mass is 384 g/mol. The number of nitrogen functional groups attached to an aromatic ring is 1. The van der Waals surface area contributed by atoms with E-state index in [-0.39, 0.29) is 22.3 Å². The first-order chi connectivity index (χ1) is 12.3. The Labute approximate surface area is 150 Å². The Morgan fingerprint density at radius 2 is 1.92 bits per heavy atom. The van der Waals surface area contributed by atoms with Crippen LogP contribution in [0, 0.1) is 0 Å². The second-order valence-electron chi connectivity index (χ2n) is 5.09. The summed E-state index contributed by atoms with van der Waals surface area (Å²) in [5, 5.41) is 5.46. The van der Waals surface area contributed by atoms with Gasteiger partial charge in [-0.1, -0.05) is 11.6 Å². The zero-order valence-corrected chi connectivity index (χ0v) is 13.8. The molecule has 0 atom stereocenters. The molecule has 0 spiro atoms. The van der Waals surface area contributed by atoms with Crippen molar-refractivity contribution in [1.29, 1.82) is 0 Å². The van der Waals surface area contributed by atoms with E-state index < -0.39 is 11.7 Å². The van der Waals surface area contributed by atoms with Crippen molar-refractivity contribution in [2.24, 2.45) is 0 Å². The number of anilines is 4. The van der Waals surface area contributed by atoms with Crippen molar-refractivity contribution in [2.75, 3.05) is 16.4 Å². The number of rotatable bonds is 5. The van der Waals surface area contributed by atoms with Crippen molar-refractivity contribution in [3.05, 3.63) is 53.3 Å². The van der Waals surface area contributed by atoms with E-state index >= 15 is 0 Å². The molecule has 0 bridgehead atoms. The first kappa shape index (κ1) is 17.8. The second-order valence-corrected chi connectivity index (χ2v) is 5.50. The van der Waals surface area contributed by atoms with Crippen LogP contribution in [0.25, 0.3) is 0 Å². The van der Waals surface area contributed by atoms with Crippen molar-refractivity contribution in [3.8, 4) is 0 Å². The van der Waals surface area contributed by atoms with Gasteiger partial charge in [0.1, 0.15) is 23.6 Å². The standard InChI is InChI=1S/C15H12ClF3N6O/c16-10-4-8(15(17,18)19)5-21-12(10)25-14-11(20)13(23-7-24-14)22-6-9-2-1-3-26-9/h1-5,7H,6,20H2,(H2,21,22,23,24,25). The number of hydrogen-bond donors (Lipinski definition) is 3. The highest BCUT2D eigenvalue weighted by atomic mass is 35.5. The van der Waals surface area contributed by atoms with Gasteiger partial charge in [0, 0.05) is 6.20 Å². The summed E-state index contributed by atoms with van der Waals surface area (Å²) >= 11 is 5.87. The van der Waals surface area contributed by atoms with E-state index in [1.54, 1.807) is 12.1 Å². The van der Waals surface area contributed by atoms with E-state index in [0.29, 0.717) is 24.3 Å². The molecule has 0 aliphatic carbocycles. The first-order valence-electron chi connectivity index (χ1n) is 7.21. The highest BCUT2D eigenvalue weighted by molar-refractivity contribution is 6.33. The van der Waals surface area contributed by atoms with Gasteiger partial charge in [0.2, 0.25) is 0 Å². The molecule has 0 radical (unpaired) electrons. The van der Waals surface area contributed by atoms with E-state index in [1.165, 1.54) is 12.6 Å². The third kappa shape index (κ3) is 3.97. The van der Waals surface area contributed by atoms with Crippen LogP contribution in [0.3, 0.4) is 0 Å². The van der Waals surface area contributed by atoms with Gasteiger partial charge in [-0.2, -0.15) is 13.2 Å². The maximum atomic E-state index is 12.7. The Hall–Kier alpha value is -3.01. The minimum absolute atomic E-state index is 0.0120. The number of aromatic nitrogens is 3. The third-order valence-electron chi connectivity index (χ3n) is 3.30. The summed E-state index contributed by atoms with van der Waals surface area (Å²) in [6.07, 6.45) is -1.10. The largest absolute Gasteiger partial charge is 0.467 e. The van der Waals surface area contributed by atoms with Gasteiger partial charge in [-0.05, 0) is 18.2 Å². The summed E-state index contributed by atoms with van der Waals surface area (Å²) in [6.45, 7) is 0.340. The van der Waals surface area contributed by atoms with Crippen LogP contribution >= 0.6 is 11.6 Å². The van der Waals surface area contributed by atoms with Crippen molar-refractivity contribution in [1.82, 2.24) is 15.0 Å². The molecular formula is C15H12ClF3N6O. The molecule has 0 unspecified atom stereocenters. The van der Waals surface area contributed by atoms with Gasteiger partial charge >= 0.3 is 6.18 Å². The van der Waals surface area contributed by atoms with Gasteiger partial charge in [-0.25, -0.2) is 15.0 Å². The lowest BCUT2D eigenvalue weighted by molar-refractivity contribution is -0.137. The molecule has 0 amide bonds. The predicted octanol–water partition coefficient (Wildman–Crippen LogP) is 4.07. The second kappa shape index (κ2) is 7.08. The molecule has 4 N–H and O–H groups in total. The topological polar surface area (TPSA) is 102 Å². The highest BCUT2D eigenvalue weighted by Gasteiger charge is 2.31. The smallest absolute Gasteiger partial charge is 0.417 e. The lowest BCUT2D eigenvalue weighted by atomic mass is 10.2. The van der Waals surface area contributed by atoms with Gasteiger partial charge in [0.05, 0.1) is 23.4 Å². The van der Waals surface area contributed by atoms with Crippen molar-refractivity contribution < 1.29 is 17.6 Å². The molecule has 26 heavy (non-hydrogen) atoms. The molecule has 136 valence electrons. The maximum absolute atomic E-state index is 12.7. The zero-order valence-electron chi connectivity index (χ0n) is 13.0. The van der Waals surface area contributed by atoms with Crippen molar-refractivity contribution >= 4 is 34.7 Å². The van der Waals surface area contributed by atoms with Gasteiger partial charge in [-0.3, -0.25) is 0 Å². The molecule has 3 rings (SSSR count).